The van der Waals surface area contributed by atoms with E-state index in [1.165, 1.54) is 11.6 Å². The van der Waals surface area contributed by atoms with Crippen LogP contribution in [0.5, 0.6) is 5.75 Å². The molecule has 0 spiro atoms. The Bertz CT molecular complexity index is 466. The van der Waals surface area contributed by atoms with Gasteiger partial charge < -0.3 is 9.84 Å². The van der Waals surface area contributed by atoms with Crippen LogP contribution in [0.15, 0.2) is 24.3 Å². The molecule has 1 N–H and O–H groups in total. The number of esters is 1. The molecule has 3 nitrogen and oxygen atoms in total. The number of unbranched alkanes of at least 4 members (excludes halogenated alkanes) is 3. The zero-order valence-electron chi connectivity index (χ0n) is 13.3. The maximum Gasteiger partial charge on any atom is 0.330 e. The Labute approximate surface area is 127 Å². The molecule has 21 heavy (non-hydrogen) atoms. The Morgan fingerprint density at radius 3 is 2.48 bits per heavy atom. The maximum absolute atomic E-state index is 11.1. The summed E-state index contributed by atoms with van der Waals surface area (Å²) in [5.74, 6) is 0.149. The Hall–Kier alpha value is -1.77. The zero-order valence-corrected chi connectivity index (χ0v) is 13.3. The van der Waals surface area contributed by atoms with E-state index in [0.717, 1.165) is 43.2 Å². The number of aromatic hydroxyl groups is 1. The quantitative estimate of drug-likeness (QED) is 0.443. The molecular formula is C18H26O3. The molecule has 0 aliphatic heterocycles. The highest BCUT2D eigenvalue weighted by atomic mass is 16.5. The van der Waals surface area contributed by atoms with Gasteiger partial charge in [0.05, 0.1) is 6.61 Å². The van der Waals surface area contributed by atoms with Crippen molar-refractivity contribution >= 4 is 5.97 Å². The SMILES string of the molecule is CCOC(=O)/C=C\CCCCCc1cc(C)c(O)c(C)c1. The minimum absolute atomic E-state index is 0.257. The number of hydrogen-bond acceptors (Lipinski definition) is 3. The second-order valence-electron chi connectivity index (χ2n) is 5.33. The van der Waals surface area contributed by atoms with Crippen LogP contribution in [-0.4, -0.2) is 17.7 Å². The van der Waals surface area contributed by atoms with Gasteiger partial charge in [-0.3, -0.25) is 0 Å². The lowest BCUT2D eigenvalue weighted by Gasteiger charge is -2.07. The van der Waals surface area contributed by atoms with Crippen molar-refractivity contribution in [1.29, 1.82) is 0 Å². The first-order chi connectivity index (χ1) is 10.0. The fourth-order valence-corrected chi connectivity index (χ4v) is 2.33. The smallest absolute Gasteiger partial charge is 0.330 e. The average molecular weight is 290 g/mol. The van der Waals surface area contributed by atoms with Crippen molar-refractivity contribution in [2.24, 2.45) is 0 Å². The van der Waals surface area contributed by atoms with Gasteiger partial charge in [0.2, 0.25) is 0 Å². The number of benzene rings is 1. The summed E-state index contributed by atoms with van der Waals surface area (Å²) in [5.41, 5.74) is 3.18. The predicted octanol–water partition coefficient (Wildman–Crippen LogP) is 4.23. The highest BCUT2D eigenvalue weighted by molar-refractivity contribution is 5.81. The molecule has 0 saturated carbocycles. The largest absolute Gasteiger partial charge is 0.507 e. The molecule has 0 bridgehead atoms. The van der Waals surface area contributed by atoms with E-state index in [4.69, 9.17) is 4.74 Å². The van der Waals surface area contributed by atoms with Crippen molar-refractivity contribution in [3.63, 3.8) is 0 Å². The average Bonchev–Trinajstić information content (AvgIpc) is 2.44. The molecule has 1 aromatic carbocycles. The molecule has 116 valence electrons. The van der Waals surface area contributed by atoms with Gasteiger partial charge in [0.1, 0.15) is 5.75 Å². The maximum atomic E-state index is 11.1. The second kappa shape index (κ2) is 9.22. The van der Waals surface area contributed by atoms with Gasteiger partial charge in [-0.15, -0.1) is 0 Å². The van der Waals surface area contributed by atoms with Crippen molar-refractivity contribution in [3.8, 4) is 5.75 Å². The molecule has 1 rings (SSSR count). The van der Waals surface area contributed by atoms with E-state index in [1.807, 2.05) is 19.9 Å². The lowest BCUT2D eigenvalue weighted by molar-refractivity contribution is -0.137. The molecular weight excluding hydrogens is 264 g/mol. The molecule has 0 atom stereocenters. The summed E-state index contributed by atoms with van der Waals surface area (Å²) < 4.78 is 4.81. The van der Waals surface area contributed by atoms with Crippen LogP contribution in [0.1, 0.15) is 49.3 Å². The van der Waals surface area contributed by atoms with Crippen molar-refractivity contribution in [3.05, 3.63) is 41.0 Å². The van der Waals surface area contributed by atoms with Gasteiger partial charge in [-0.2, -0.15) is 0 Å². The predicted molar refractivity (Wildman–Crippen MR) is 85.5 cm³/mol. The molecule has 0 aliphatic rings. The molecule has 3 heteroatoms. The first-order valence-corrected chi connectivity index (χ1v) is 7.67. The number of allylic oxidation sites excluding steroid dienone is 1. The summed E-state index contributed by atoms with van der Waals surface area (Å²) in [7, 11) is 0. The highest BCUT2D eigenvalue weighted by Gasteiger charge is 2.03. The minimum Gasteiger partial charge on any atom is -0.507 e. The van der Waals surface area contributed by atoms with Crippen LogP contribution in [-0.2, 0) is 16.0 Å². The van der Waals surface area contributed by atoms with Gasteiger partial charge in [-0.05, 0) is 63.1 Å². The molecule has 1 aromatic rings. The molecule has 0 heterocycles. The number of rotatable bonds is 8. The van der Waals surface area contributed by atoms with Gasteiger partial charge >= 0.3 is 5.97 Å². The standard InChI is InChI=1S/C18H26O3/c1-4-21-17(19)11-9-7-5-6-8-10-16-12-14(2)18(20)15(3)13-16/h9,11-13,20H,4-8,10H2,1-3H3/b11-9-. The number of phenolic OH excluding ortho intramolecular Hbond substituents is 1. The van der Waals surface area contributed by atoms with E-state index in [2.05, 4.69) is 12.1 Å². The van der Waals surface area contributed by atoms with Crippen LogP contribution in [0.3, 0.4) is 0 Å². The zero-order chi connectivity index (χ0) is 15.7. The number of carbonyl (C=O) groups is 1. The summed E-state index contributed by atoms with van der Waals surface area (Å²) in [6, 6.07) is 4.12. The molecule has 0 saturated heterocycles. The first kappa shape index (κ1) is 17.3. The minimum atomic E-state index is -0.257. The lowest BCUT2D eigenvalue weighted by atomic mass is 10.0. The summed E-state index contributed by atoms with van der Waals surface area (Å²) in [4.78, 5) is 11.1. The van der Waals surface area contributed by atoms with Crippen LogP contribution in [0.4, 0.5) is 0 Å². The van der Waals surface area contributed by atoms with Gasteiger partial charge in [0.15, 0.2) is 0 Å². The van der Waals surface area contributed by atoms with Crippen LogP contribution < -0.4 is 0 Å². The third-order valence-corrected chi connectivity index (χ3v) is 3.43. The molecule has 0 aliphatic carbocycles. The van der Waals surface area contributed by atoms with Crippen molar-refractivity contribution < 1.29 is 14.6 Å². The summed E-state index contributed by atoms with van der Waals surface area (Å²) >= 11 is 0. The molecule has 0 fully saturated rings. The van der Waals surface area contributed by atoms with E-state index in [-0.39, 0.29) is 5.97 Å². The Kier molecular flexibility index (Phi) is 7.59. The Morgan fingerprint density at radius 1 is 1.19 bits per heavy atom. The van der Waals surface area contributed by atoms with Gasteiger partial charge in [0.25, 0.3) is 0 Å². The number of aryl methyl sites for hydroxylation is 3. The molecule has 0 amide bonds. The highest BCUT2D eigenvalue weighted by Crippen LogP contribution is 2.23. The monoisotopic (exact) mass is 290 g/mol. The lowest BCUT2D eigenvalue weighted by Crippen LogP contribution is -1.98. The van der Waals surface area contributed by atoms with E-state index in [9.17, 15) is 9.90 Å². The third kappa shape index (κ3) is 6.48. The number of ether oxygens (including phenoxy) is 1. The summed E-state index contributed by atoms with van der Waals surface area (Å²) in [6.45, 7) is 6.10. The van der Waals surface area contributed by atoms with Crippen molar-refractivity contribution in [1.82, 2.24) is 0 Å². The molecule has 0 unspecified atom stereocenters. The van der Waals surface area contributed by atoms with Crippen molar-refractivity contribution in [2.45, 2.75) is 52.9 Å². The van der Waals surface area contributed by atoms with Crippen molar-refractivity contribution in [2.75, 3.05) is 6.61 Å². The van der Waals surface area contributed by atoms with Crippen LogP contribution in [0, 0.1) is 13.8 Å². The first-order valence-electron chi connectivity index (χ1n) is 7.67. The van der Waals surface area contributed by atoms with E-state index >= 15 is 0 Å². The van der Waals surface area contributed by atoms with Gasteiger partial charge in [-0.25, -0.2) is 4.79 Å². The molecule has 0 aromatic heterocycles. The third-order valence-electron chi connectivity index (χ3n) is 3.43. The number of phenols is 1. The van der Waals surface area contributed by atoms with Gasteiger partial charge in [-0.1, -0.05) is 24.6 Å². The van der Waals surface area contributed by atoms with E-state index < -0.39 is 0 Å². The Morgan fingerprint density at radius 2 is 1.86 bits per heavy atom. The summed E-state index contributed by atoms with van der Waals surface area (Å²) in [6.07, 6.45) is 8.66. The fraction of sp³-hybridized carbons (Fsp3) is 0.500. The number of carbonyl (C=O) groups excluding carboxylic acids is 1. The normalized spacial score (nSPS) is 11.0. The van der Waals surface area contributed by atoms with Crippen LogP contribution in [0.2, 0.25) is 0 Å². The van der Waals surface area contributed by atoms with E-state index in [1.54, 1.807) is 6.92 Å². The summed E-state index contributed by atoms with van der Waals surface area (Å²) in [5, 5.41) is 9.74. The number of hydrogen-bond donors (Lipinski definition) is 1. The second-order valence-corrected chi connectivity index (χ2v) is 5.33. The molecule has 0 radical (unpaired) electrons. The van der Waals surface area contributed by atoms with Crippen LogP contribution >= 0.6 is 0 Å². The van der Waals surface area contributed by atoms with E-state index in [0.29, 0.717) is 12.4 Å². The topological polar surface area (TPSA) is 46.5 Å². The van der Waals surface area contributed by atoms with Gasteiger partial charge in [0, 0.05) is 6.08 Å². The Balaban J connectivity index is 2.22. The fourth-order valence-electron chi connectivity index (χ4n) is 2.33. The van der Waals surface area contributed by atoms with Crippen LogP contribution in [0.25, 0.3) is 0 Å².